The van der Waals surface area contributed by atoms with Crippen LogP contribution in [0.15, 0.2) is 24.3 Å². The normalized spacial score (nSPS) is 13.3. The second-order valence-electron chi connectivity index (χ2n) is 7.55. The third kappa shape index (κ3) is 5.81. The lowest BCUT2D eigenvalue weighted by Crippen LogP contribution is -2.36. The molecule has 1 aliphatic heterocycles. The molecular formula is C23H25N3O6S. The number of fused-ring (bicyclic) bond motifs is 1. The van der Waals surface area contributed by atoms with E-state index in [0.717, 1.165) is 21.8 Å². The van der Waals surface area contributed by atoms with Crippen LogP contribution >= 0.6 is 11.3 Å². The van der Waals surface area contributed by atoms with Gasteiger partial charge in [0.25, 0.3) is 0 Å². The van der Waals surface area contributed by atoms with Crippen molar-refractivity contribution in [1.29, 1.82) is 5.26 Å². The molecule has 33 heavy (non-hydrogen) atoms. The highest BCUT2D eigenvalue weighted by atomic mass is 32.1. The molecule has 1 unspecified atom stereocenters. The third-order valence-corrected chi connectivity index (χ3v) is 6.51. The Hall–Kier alpha value is -3.58. The average Bonchev–Trinajstić information content (AvgIpc) is 3.17. The molecule has 0 aliphatic carbocycles. The quantitative estimate of drug-likeness (QED) is 0.615. The number of amides is 2. The Kier molecular flexibility index (Phi) is 7.90. The SMILES string of the molecule is COC(=O)COC(=O)N1CCc2c(sc(NC(=O)CC(C)c3cccc(OC)c3)c2C#N)C1. The van der Waals surface area contributed by atoms with Gasteiger partial charge in [-0.2, -0.15) is 5.26 Å². The Morgan fingerprint density at radius 3 is 2.79 bits per heavy atom. The van der Waals surface area contributed by atoms with Crippen LogP contribution in [0.4, 0.5) is 9.80 Å². The summed E-state index contributed by atoms with van der Waals surface area (Å²) in [6.07, 6.45) is 0.0701. The number of thiophene rings is 1. The fourth-order valence-electron chi connectivity index (χ4n) is 3.56. The van der Waals surface area contributed by atoms with Crippen LogP contribution in [-0.4, -0.2) is 50.2 Å². The van der Waals surface area contributed by atoms with Crippen molar-refractivity contribution in [3.8, 4) is 11.8 Å². The highest BCUT2D eigenvalue weighted by molar-refractivity contribution is 7.16. The van der Waals surface area contributed by atoms with Crippen LogP contribution in [0, 0.1) is 11.3 Å². The van der Waals surface area contributed by atoms with Gasteiger partial charge in [0.15, 0.2) is 6.61 Å². The van der Waals surface area contributed by atoms with E-state index in [1.807, 2.05) is 31.2 Å². The second kappa shape index (κ2) is 10.8. The van der Waals surface area contributed by atoms with E-state index in [4.69, 9.17) is 9.47 Å². The van der Waals surface area contributed by atoms with Gasteiger partial charge in [-0.05, 0) is 35.6 Å². The van der Waals surface area contributed by atoms with Gasteiger partial charge >= 0.3 is 12.1 Å². The molecule has 0 bridgehead atoms. The molecule has 10 heteroatoms. The summed E-state index contributed by atoms with van der Waals surface area (Å²) in [5.41, 5.74) is 2.24. The maximum Gasteiger partial charge on any atom is 0.410 e. The Labute approximate surface area is 195 Å². The molecule has 174 valence electrons. The lowest BCUT2D eigenvalue weighted by molar-refractivity contribution is -0.144. The van der Waals surface area contributed by atoms with Crippen LogP contribution in [0.2, 0.25) is 0 Å². The molecule has 1 aromatic carbocycles. The number of hydrogen-bond donors (Lipinski definition) is 1. The van der Waals surface area contributed by atoms with E-state index >= 15 is 0 Å². The first-order valence-electron chi connectivity index (χ1n) is 10.3. The molecule has 3 rings (SSSR count). The topological polar surface area (TPSA) is 118 Å². The molecule has 0 radical (unpaired) electrons. The zero-order valence-electron chi connectivity index (χ0n) is 18.7. The molecule has 1 aliphatic rings. The predicted octanol–water partition coefficient (Wildman–Crippen LogP) is 3.43. The lowest BCUT2D eigenvalue weighted by Gasteiger charge is -2.25. The number of benzene rings is 1. The van der Waals surface area contributed by atoms with Crippen molar-refractivity contribution in [2.75, 3.05) is 32.7 Å². The van der Waals surface area contributed by atoms with Crippen LogP contribution in [0.5, 0.6) is 5.75 Å². The largest absolute Gasteiger partial charge is 0.497 e. The van der Waals surface area contributed by atoms with E-state index in [9.17, 15) is 19.6 Å². The fourth-order valence-corrected chi connectivity index (χ4v) is 4.79. The molecule has 1 aromatic heterocycles. The van der Waals surface area contributed by atoms with Crippen molar-refractivity contribution in [3.63, 3.8) is 0 Å². The highest BCUT2D eigenvalue weighted by Gasteiger charge is 2.28. The number of hydrogen-bond acceptors (Lipinski definition) is 8. The maximum atomic E-state index is 12.7. The van der Waals surface area contributed by atoms with Crippen LogP contribution in [0.25, 0.3) is 0 Å². The molecule has 2 amide bonds. The van der Waals surface area contributed by atoms with Crippen molar-refractivity contribution in [1.82, 2.24) is 4.90 Å². The van der Waals surface area contributed by atoms with E-state index in [-0.39, 0.29) is 24.8 Å². The molecule has 2 heterocycles. The second-order valence-corrected chi connectivity index (χ2v) is 8.66. The Morgan fingerprint density at radius 2 is 2.09 bits per heavy atom. The highest BCUT2D eigenvalue weighted by Crippen LogP contribution is 2.37. The Bertz CT molecular complexity index is 1090. The first kappa shape index (κ1) is 24.1. The van der Waals surface area contributed by atoms with Gasteiger partial charge in [0.05, 0.1) is 26.3 Å². The fraction of sp³-hybridized carbons (Fsp3) is 0.391. The summed E-state index contributed by atoms with van der Waals surface area (Å²) in [7, 11) is 2.81. The minimum absolute atomic E-state index is 0.0414. The molecule has 0 saturated carbocycles. The molecule has 9 nitrogen and oxygen atoms in total. The van der Waals surface area contributed by atoms with Crippen LogP contribution in [0.1, 0.15) is 40.8 Å². The molecule has 0 spiro atoms. The number of carbonyl (C=O) groups is 3. The van der Waals surface area contributed by atoms with Crippen molar-refractivity contribution >= 4 is 34.3 Å². The lowest BCUT2D eigenvalue weighted by atomic mass is 9.97. The predicted molar refractivity (Wildman–Crippen MR) is 121 cm³/mol. The summed E-state index contributed by atoms with van der Waals surface area (Å²) >= 11 is 1.28. The number of nitrogens with zero attached hydrogens (tertiary/aromatic N) is 2. The third-order valence-electron chi connectivity index (χ3n) is 5.38. The van der Waals surface area contributed by atoms with E-state index in [2.05, 4.69) is 16.1 Å². The number of methoxy groups -OCH3 is 2. The minimum atomic E-state index is -0.642. The molecule has 1 N–H and O–H groups in total. The van der Waals surface area contributed by atoms with Gasteiger partial charge in [0.1, 0.15) is 16.8 Å². The van der Waals surface area contributed by atoms with E-state index in [1.165, 1.54) is 23.3 Å². The molecule has 0 fully saturated rings. The van der Waals surface area contributed by atoms with E-state index in [0.29, 0.717) is 23.5 Å². The van der Waals surface area contributed by atoms with Gasteiger partial charge in [-0.1, -0.05) is 19.1 Å². The molecular weight excluding hydrogens is 446 g/mol. The smallest absolute Gasteiger partial charge is 0.410 e. The Morgan fingerprint density at radius 1 is 1.30 bits per heavy atom. The van der Waals surface area contributed by atoms with Gasteiger partial charge in [-0.25, -0.2) is 9.59 Å². The van der Waals surface area contributed by atoms with Crippen molar-refractivity contribution in [3.05, 3.63) is 45.8 Å². The summed E-state index contributed by atoms with van der Waals surface area (Å²) in [5, 5.41) is 13.0. The monoisotopic (exact) mass is 471 g/mol. The van der Waals surface area contributed by atoms with Gasteiger partial charge in [0.2, 0.25) is 5.91 Å². The van der Waals surface area contributed by atoms with Crippen LogP contribution < -0.4 is 10.1 Å². The number of anilines is 1. The Balaban J connectivity index is 1.66. The first-order valence-corrected chi connectivity index (χ1v) is 11.1. The van der Waals surface area contributed by atoms with E-state index in [1.54, 1.807) is 7.11 Å². The number of rotatable bonds is 7. The van der Waals surface area contributed by atoms with Gasteiger partial charge < -0.3 is 24.4 Å². The zero-order valence-corrected chi connectivity index (χ0v) is 19.5. The van der Waals surface area contributed by atoms with Gasteiger partial charge in [-0.15, -0.1) is 11.3 Å². The standard InChI is InChI=1S/C23H25N3O6S/c1-14(15-5-4-6-16(10-15)30-2)9-20(27)25-22-18(11-24)17-7-8-26(12-19(17)33-22)23(29)32-13-21(28)31-3/h4-6,10,14H,7-9,12-13H2,1-3H3,(H,25,27). The number of ether oxygens (including phenoxy) is 3. The summed E-state index contributed by atoms with van der Waals surface area (Å²) < 4.78 is 14.7. The van der Waals surface area contributed by atoms with Crippen LogP contribution in [0.3, 0.4) is 0 Å². The maximum absolute atomic E-state index is 12.7. The average molecular weight is 472 g/mol. The number of nitrogens with one attached hydrogen (secondary N) is 1. The molecule has 1 atom stereocenters. The molecule has 0 saturated heterocycles. The first-order chi connectivity index (χ1) is 15.9. The summed E-state index contributed by atoms with van der Waals surface area (Å²) in [6.45, 7) is 2.08. The number of carbonyl (C=O) groups excluding carboxylic acids is 3. The summed E-state index contributed by atoms with van der Waals surface area (Å²) in [6, 6.07) is 9.75. The zero-order chi connectivity index (χ0) is 24.0. The van der Waals surface area contributed by atoms with Gasteiger partial charge in [0, 0.05) is 17.8 Å². The number of esters is 1. The summed E-state index contributed by atoms with van der Waals surface area (Å²) in [5.74, 6) is -0.153. The van der Waals surface area contributed by atoms with Crippen molar-refractivity contribution < 1.29 is 28.6 Å². The molecule has 2 aromatic rings. The van der Waals surface area contributed by atoms with Gasteiger partial charge in [-0.3, -0.25) is 4.79 Å². The summed E-state index contributed by atoms with van der Waals surface area (Å²) in [4.78, 5) is 38.4. The van der Waals surface area contributed by atoms with E-state index < -0.39 is 18.7 Å². The van der Waals surface area contributed by atoms with Crippen LogP contribution in [-0.2, 0) is 32.0 Å². The number of nitriles is 1. The minimum Gasteiger partial charge on any atom is -0.497 e. The van der Waals surface area contributed by atoms with Crippen molar-refractivity contribution in [2.24, 2.45) is 0 Å². The van der Waals surface area contributed by atoms with Crippen molar-refractivity contribution in [2.45, 2.75) is 32.2 Å².